The van der Waals surface area contributed by atoms with Gasteiger partial charge in [0.1, 0.15) is 5.78 Å². The second-order valence-corrected chi connectivity index (χ2v) is 7.48. The molecule has 0 radical (unpaired) electrons. The lowest BCUT2D eigenvalue weighted by atomic mass is 9.99. The molecule has 130 valence electrons. The highest BCUT2D eigenvalue weighted by atomic mass is 35.5. The van der Waals surface area contributed by atoms with Gasteiger partial charge in [-0.1, -0.05) is 29.3 Å². The number of rotatable bonds is 4. The number of halogens is 2. The van der Waals surface area contributed by atoms with E-state index in [1.807, 2.05) is 11.0 Å². The van der Waals surface area contributed by atoms with Crippen molar-refractivity contribution in [3.05, 3.63) is 33.8 Å². The standard InChI is InChI=1S/C18H22Cl2N2O2/c19-16-4-3-13(9-17(16)20)10-18(24)22-8-5-15(23)11-14(22)12-21-6-1-2-7-21/h3-4,9,14H,1-2,5-8,10-12H2. The first kappa shape index (κ1) is 17.7. The normalized spacial score (nSPS) is 22.2. The number of nitrogens with zero attached hydrogens (tertiary/aromatic N) is 2. The summed E-state index contributed by atoms with van der Waals surface area (Å²) in [6.45, 7) is 3.47. The second kappa shape index (κ2) is 7.85. The Balaban J connectivity index is 1.67. The molecule has 1 atom stereocenters. The van der Waals surface area contributed by atoms with Crippen LogP contribution in [-0.4, -0.2) is 53.7 Å². The third-order valence-corrected chi connectivity index (χ3v) is 5.60. The summed E-state index contributed by atoms with van der Waals surface area (Å²) in [7, 11) is 0. The number of carbonyl (C=O) groups is 2. The van der Waals surface area contributed by atoms with E-state index in [1.165, 1.54) is 12.8 Å². The van der Waals surface area contributed by atoms with E-state index in [-0.39, 0.29) is 17.7 Å². The third-order valence-electron chi connectivity index (χ3n) is 4.86. The van der Waals surface area contributed by atoms with Gasteiger partial charge in [-0.2, -0.15) is 0 Å². The van der Waals surface area contributed by atoms with Gasteiger partial charge in [-0.25, -0.2) is 0 Å². The summed E-state index contributed by atoms with van der Waals surface area (Å²) in [5.41, 5.74) is 0.853. The first-order chi connectivity index (χ1) is 11.5. The molecule has 3 rings (SSSR count). The number of Topliss-reactive ketones (excluding diaryl/α,β-unsaturated/α-hetero) is 1. The molecule has 1 aromatic rings. The van der Waals surface area contributed by atoms with Crippen LogP contribution in [-0.2, 0) is 16.0 Å². The predicted molar refractivity (Wildman–Crippen MR) is 95.6 cm³/mol. The third kappa shape index (κ3) is 4.29. The summed E-state index contributed by atoms with van der Waals surface area (Å²) in [6.07, 6.45) is 3.64. The molecule has 24 heavy (non-hydrogen) atoms. The zero-order valence-corrected chi connectivity index (χ0v) is 15.2. The molecule has 4 nitrogen and oxygen atoms in total. The van der Waals surface area contributed by atoms with Gasteiger partial charge >= 0.3 is 0 Å². The molecule has 0 spiro atoms. The van der Waals surface area contributed by atoms with E-state index in [0.29, 0.717) is 35.9 Å². The molecule has 2 aliphatic heterocycles. The van der Waals surface area contributed by atoms with Crippen LogP contribution in [0.3, 0.4) is 0 Å². The van der Waals surface area contributed by atoms with E-state index >= 15 is 0 Å². The van der Waals surface area contributed by atoms with Gasteiger partial charge in [0.05, 0.1) is 22.5 Å². The Kier molecular flexibility index (Phi) is 5.80. The summed E-state index contributed by atoms with van der Waals surface area (Å²) in [5.74, 6) is 0.322. The first-order valence-electron chi connectivity index (χ1n) is 8.50. The van der Waals surface area contributed by atoms with Gasteiger partial charge in [-0.3, -0.25) is 9.59 Å². The SMILES string of the molecule is O=C1CCN(C(=O)Cc2ccc(Cl)c(Cl)c2)C(CN2CCCC2)C1. The van der Waals surface area contributed by atoms with Gasteiger partial charge in [0.2, 0.25) is 5.91 Å². The molecule has 6 heteroatoms. The first-order valence-corrected chi connectivity index (χ1v) is 9.26. The number of piperidine rings is 1. The van der Waals surface area contributed by atoms with Crippen molar-refractivity contribution in [3.63, 3.8) is 0 Å². The highest BCUT2D eigenvalue weighted by Crippen LogP contribution is 2.24. The molecule has 1 aromatic carbocycles. The lowest BCUT2D eigenvalue weighted by Crippen LogP contribution is -2.51. The molecule has 2 fully saturated rings. The van der Waals surface area contributed by atoms with Crippen LogP contribution < -0.4 is 0 Å². The van der Waals surface area contributed by atoms with Gasteiger partial charge < -0.3 is 9.80 Å². The predicted octanol–water partition coefficient (Wildman–Crippen LogP) is 3.19. The number of carbonyl (C=O) groups excluding carboxylic acids is 2. The highest BCUT2D eigenvalue weighted by Gasteiger charge is 2.32. The van der Waals surface area contributed by atoms with Crippen LogP contribution in [0.5, 0.6) is 0 Å². The molecular weight excluding hydrogens is 347 g/mol. The highest BCUT2D eigenvalue weighted by molar-refractivity contribution is 6.42. The van der Waals surface area contributed by atoms with E-state index in [2.05, 4.69) is 4.90 Å². The van der Waals surface area contributed by atoms with Crippen molar-refractivity contribution in [1.82, 2.24) is 9.80 Å². The van der Waals surface area contributed by atoms with E-state index < -0.39 is 0 Å². The van der Waals surface area contributed by atoms with Crippen molar-refractivity contribution in [2.24, 2.45) is 0 Å². The topological polar surface area (TPSA) is 40.6 Å². The van der Waals surface area contributed by atoms with Crippen molar-refractivity contribution in [1.29, 1.82) is 0 Å². The van der Waals surface area contributed by atoms with Gasteiger partial charge in [-0.05, 0) is 43.6 Å². The lowest BCUT2D eigenvalue weighted by molar-refractivity contribution is -0.137. The van der Waals surface area contributed by atoms with Crippen molar-refractivity contribution >= 4 is 34.9 Å². The molecule has 0 aromatic heterocycles. The molecular formula is C18H22Cl2N2O2. The van der Waals surface area contributed by atoms with Crippen LogP contribution in [0.25, 0.3) is 0 Å². The minimum absolute atomic E-state index is 0.000350. The van der Waals surface area contributed by atoms with Crippen LogP contribution in [0.4, 0.5) is 0 Å². The fourth-order valence-corrected chi connectivity index (χ4v) is 3.90. The Hall–Kier alpha value is -1.10. The van der Waals surface area contributed by atoms with E-state index in [0.717, 1.165) is 25.2 Å². The molecule has 2 heterocycles. The van der Waals surface area contributed by atoms with Crippen molar-refractivity contribution in [2.45, 2.75) is 38.1 Å². The van der Waals surface area contributed by atoms with E-state index in [9.17, 15) is 9.59 Å². The molecule has 0 N–H and O–H groups in total. The number of hydrogen-bond acceptors (Lipinski definition) is 3. The maximum absolute atomic E-state index is 12.8. The van der Waals surface area contributed by atoms with Crippen molar-refractivity contribution < 1.29 is 9.59 Å². The number of hydrogen-bond donors (Lipinski definition) is 0. The van der Waals surface area contributed by atoms with Gasteiger partial charge in [0.25, 0.3) is 0 Å². The largest absolute Gasteiger partial charge is 0.337 e. The maximum atomic E-state index is 12.8. The molecule has 2 aliphatic rings. The molecule has 0 aliphatic carbocycles. The molecule has 2 saturated heterocycles. The number of amides is 1. The average molecular weight is 369 g/mol. The Bertz CT molecular complexity index is 629. The van der Waals surface area contributed by atoms with Crippen LogP contribution in [0.2, 0.25) is 10.0 Å². The zero-order chi connectivity index (χ0) is 17.1. The minimum atomic E-state index is -0.000350. The van der Waals surface area contributed by atoms with Gasteiger partial charge in [0, 0.05) is 25.9 Å². The summed E-state index contributed by atoms with van der Waals surface area (Å²) in [6, 6.07) is 5.29. The quantitative estimate of drug-likeness (QED) is 0.819. The molecule has 1 unspecified atom stereocenters. The summed E-state index contributed by atoms with van der Waals surface area (Å²) >= 11 is 12.0. The Morgan fingerprint density at radius 3 is 2.58 bits per heavy atom. The zero-order valence-electron chi connectivity index (χ0n) is 13.6. The summed E-state index contributed by atoms with van der Waals surface area (Å²) in [5, 5.41) is 0.952. The molecule has 1 amide bonds. The minimum Gasteiger partial charge on any atom is -0.337 e. The van der Waals surface area contributed by atoms with Crippen LogP contribution in [0, 0.1) is 0 Å². The smallest absolute Gasteiger partial charge is 0.227 e. The Labute approximate surface area is 152 Å². The summed E-state index contributed by atoms with van der Waals surface area (Å²) < 4.78 is 0. The van der Waals surface area contributed by atoms with Gasteiger partial charge in [-0.15, -0.1) is 0 Å². The van der Waals surface area contributed by atoms with Crippen molar-refractivity contribution in [3.8, 4) is 0 Å². The number of ketones is 1. The fourth-order valence-electron chi connectivity index (χ4n) is 3.58. The monoisotopic (exact) mass is 368 g/mol. The summed E-state index contributed by atoms with van der Waals surface area (Å²) in [4.78, 5) is 28.9. The lowest BCUT2D eigenvalue weighted by Gasteiger charge is -2.37. The second-order valence-electron chi connectivity index (χ2n) is 6.67. The van der Waals surface area contributed by atoms with E-state index in [1.54, 1.807) is 12.1 Å². The van der Waals surface area contributed by atoms with Crippen LogP contribution >= 0.6 is 23.2 Å². The van der Waals surface area contributed by atoms with E-state index in [4.69, 9.17) is 23.2 Å². The Morgan fingerprint density at radius 1 is 1.12 bits per heavy atom. The number of likely N-dealkylation sites (tertiary alicyclic amines) is 2. The number of benzene rings is 1. The average Bonchev–Trinajstić information content (AvgIpc) is 3.04. The maximum Gasteiger partial charge on any atom is 0.227 e. The fraction of sp³-hybridized carbons (Fsp3) is 0.556. The van der Waals surface area contributed by atoms with Crippen LogP contribution in [0.1, 0.15) is 31.2 Å². The molecule has 0 saturated carbocycles. The molecule has 0 bridgehead atoms. The Morgan fingerprint density at radius 2 is 1.88 bits per heavy atom. The van der Waals surface area contributed by atoms with Crippen molar-refractivity contribution in [2.75, 3.05) is 26.2 Å². The van der Waals surface area contributed by atoms with Gasteiger partial charge in [0.15, 0.2) is 0 Å². The van der Waals surface area contributed by atoms with Crippen LogP contribution in [0.15, 0.2) is 18.2 Å².